The van der Waals surface area contributed by atoms with Gasteiger partial charge in [0.15, 0.2) is 11.6 Å². The highest BCUT2D eigenvalue weighted by Gasteiger charge is 2.11. The second-order valence-corrected chi connectivity index (χ2v) is 4.17. The first-order chi connectivity index (χ1) is 9.61. The highest BCUT2D eigenvalue weighted by atomic mass is 19.1. The van der Waals surface area contributed by atoms with Crippen molar-refractivity contribution in [2.24, 2.45) is 0 Å². The zero-order chi connectivity index (χ0) is 14.5. The predicted molar refractivity (Wildman–Crippen MR) is 74.0 cm³/mol. The Labute approximate surface area is 115 Å². The van der Waals surface area contributed by atoms with Crippen LogP contribution in [0.5, 0.6) is 5.75 Å². The molecule has 0 fully saturated rings. The van der Waals surface area contributed by atoms with Gasteiger partial charge in [-0.1, -0.05) is 24.3 Å². The molecule has 0 aromatic heterocycles. The lowest BCUT2D eigenvalue weighted by molar-refractivity contribution is -0.136. The number of hydrogen-bond acceptors (Lipinski definition) is 3. The minimum absolute atomic E-state index is 0.0950. The van der Waals surface area contributed by atoms with E-state index in [1.54, 1.807) is 36.4 Å². The second kappa shape index (κ2) is 6.06. The fourth-order valence-electron chi connectivity index (χ4n) is 1.92. The van der Waals surface area contributed by atoms with E-state index in [0.717, 1.165) is 0 Å². The fraction of sp³-hybridized carbons (Fsp3) is 0.133. The van der Waals surface area contributed by atoms with Gasteiger partial charge >= 0.3 is 5.97 Å². The van der Waals surface area contributed by atoms with Crippen LogP contribution in [0, 0.1) is 5.82 Å². The number of ether oxygens (including phenoxy) is 1. The molecule has 0 radical (unpaired) electrons. The third-order valence-corrected chi connectivity index (χ3v) is 2.80. The van der Waals surface area contributed by atoms with Crippen molar-refractivity contribution in [3.8, 4) is 5.75 Å². The molecule has 0 saturated heterocycles. The summed E-state index contributed by atoms with van der Waals surface area (Å²) in [6.07, 6.45) is -0.110. The highest BCUT2D eigenvalue weighted by molar-refractivity contribution is 5.76. The number of carboxylic acids is 1. The van der Waals surface area contributed by atoms with Crippen molar-refractivity contribution in [2.45, 2.75) is 6.42 Å². The maximum absolute atomic E-state index is 13.6. The normalized spacial score (nSPS) is 10.1. The predicted octanol–water partition coefficient (Wildman–Crippen LogP) is 3.21. The van der Waals surface area contributed by atoms with E-state index >= 15 is 0 Å². The molecule has 0 saturated carbocycles. The van der Waals surface area contributed by atoms with Crippen molar-refractivity contribution in [3.05, 3.63) is 53.8 Å². The van der Waals surface area contributed by atoms with E-state index in [1.807, 2.05) is 0 Å². The molecule has 5 heteroatoms. The van der Waals surface area contributed by atoms with Crippen molar-refractivity contribution in [1.82, 2.24) is 0 Å². The van der Waals surface area contributed by atoms with E-state index in [2.05, 4.69) is 5.32 Å². The van der Waals surface area contributed by atoms with Gasteiger partial charge in [0.25, 0.3) is 0 Å². The van der Waals surface area contributed by atoms with Crippen LogP contribution in [0.2, 0.25) is 0 Å². The lowest BCUT2D eigenvalue weighted by Crippen LogP contribution is -2.04. The summed E-state index contributed by atoms with van der Waals surface area (Å²) in [5.41, 5.74) is 1.68. The maximum atomic E-state index is 13.6. The largest absolute Gasteiger partial charge is 0.492 e. The number of methoxy groups -OCH3 is 1. The molecule has 0 atom stereocenters. The summed E-state index contributed by atoms with van der Waals surface area (Å²) in [5, 5.41) is 11.9. The molecule has 0 aliphatic heterocycles. The van der Waals surface area contributed by atoms with Crippen LogP contribution in [0.1, 0.15) is 5.56 Å². The number of carboxylic acid groups (broad SMARTS) is 1. The van der Waals surface area contributed by atoms with Crippen LogP contribution in [-0.2, 0) is 11.2 Å². The molecule has 20 heavy (non-hydrogen) atoms. The number of para-hydroxylation sites is 2. The molecule has 0 unspecified atom stereocenters. The van der Waals surface area contributed by atoms with Crippen LogP contribution in [0.25, 0.3) is 0 Å². The fourth-order valence-corrected chi connectivity index (χ4v) is 1.92. The molecular weight excluding hydrogens is 261 g/mol. The van der Waals surface area contributed by atoms with Crippen LogP contribution in [0.15, 0.2) is 42.5 Å². The van der Waals surface area contributed by atoms with Crippen molar-refractivity contribution in [2.75, 3.05) is 12.4 Å². The third kappa shape index (κ3) is 3.06. The first-order valence-corrected chi connectivity index (χ1v) is 6.01. The molecule has 2 aromatic rings. The second-order valence-electron chi connectivity index (χ2n) is 4.17. The first-order valence-electron chi connectivity index (χ1n) is 6.01. The number of halogens is 1. The van der Waals surface area contributed by atoms with Gasteiger partial charge < -0.3 is 15.2 Å². The Morgan fingerprint density at radius 1 is 1.20 bits per heavy atom. The number of benzene rings is 2. The number of hydrogen-bond donors (Lipinski definition) is 2. The summed E-state index contributed by atoms with van der Waals surface area (Å²) in [4.78, 5) is 10.8. The molecule has 104 valence electrons. The smallest absolute Gasteiger partial charge is 0.307 e. The SMILES string of the molecule is COc1c(F)cccc1Nc1ccccc1CC(=O)O. The molecule has 0 amide bonds. The van der Waals surface area contributed by atoms with Gasteiger partial charge in [-0.15, -0.1) is 0 Å². The van der Waals surface area contributed by atoms with Crippen molar-refractivity contribution < 1.29 is 19.0 Å². The van der Waals surface area contributed by atoms with Crippen LogP contribution in [0.4, 0.5) is 15.8 Å². The molecule has 4 nitrogen and oxygen atoms in total. The Morgan fingerprint density at radius 2 is 1.90 bits per heavy atom. The minimum Gasteiger partial charge on any atom is -0.492 e. The molecule has 2 aromatic carbocycles. The first kappa shape index (κ1) is 13.9. The van der Waals surface area contributed by atoms with Crippen LogP contribution in [-0.4, -0.2) is 18.2 Å². The summed E-state index contributed by atoms with van der Waals surface area (Å²) in [5.74, 6) is -1.31. The van der Waals surface area contributed by atoms with Crippen molar-refractivity contribution >= 4 is 17.3 Å². The van der Waals surface area contributed by atoms with Gasteiger partial charge in [-0.2, -0.15) is 0 Å². The topological polar surface area (TPSA) is 58.6 Å². The Kier molecular flexibility index (Phi) is 4.20. The molecule has 2 N–H and O–H groups in total. The van der Waals surface area contributed by atoms with Gasteiger partial charge in [0.2, 0.25) is 0 Å². The van der Waals surface area contributed by atoms with E-state index < -0.39 is 11.8 Å². The van der Waals surface area contributed by atoms with E-state index in [9.17, 15) is 9.18 Å². The molecule has 0 aliphatic carbocycles. The zero-order valence-corrected chi connectivity index (χ0v) is 10.9. The Morgan fingerprint density at radius 3 is 2.60 bits per heavy atom. The van der Waals surface area contributed by atoms with E-state index in [0.29, 0.717) is 16.9 Å². The molecule has 0 aliphatic rings. The van der Waals surface area contributed by atoms with Gasteiger partial charge in [-0.25, -0.2) is 4.39 Å². The van der Waals surface area contributed by atoms with Gasteiger partial charge in [-0.3, -0.25) is 4.79 Å². The van der Waals surface area contributed by atoms with Crippen LogP contribution < -0.4 is 10.1 Å². The number of rotatable bonds is 5. The Hall–Kier alpha value is -2.56. The van der Waals surface area contributed by atoms with E-state index in [1.165, 1.54) is 13.2 Å². The summed E-state index contributed by atoms with van der Waals surface area (Å²) >= 11 is 0. The van der Waals surface area contributed by atoms with E-state index in [-0.39, 0.29) is 12.2 Å². The molecule has 0 heterocycles. The molecule has 0 spiro atoms. The van der Waals surface area contributed by atoms with Gasteiger partial charge in [0.05, 0.1) is 19.2 Å². The van der Waals surface area contributed by atoms with Gasteiger partial charge in [0, 0.05) is 5.69 Å². The lowest BCUT2D eigenvalue weighted by atomic mass is 10.1. The molecule has 0 bridgehead atoms. The number of nitrogens with one attached hydrogen (secondary N) is 1. The van der Waals surface area contributed by atoms with Crippen molar-refractivity contribution in [1.29, 1.82) is 0 Å². The molecule has 2 rings (SSSR count). The standard InChI is InChI=1S/C15H14FNO3/c1-20-15-11(16)6-4-8-13(15)17-12-7-3-2-5-10(12)9-14(18)19/h2-8,17H,9H2,1H3,(H,18,19). The number of carbonyl (C=O) groups is 1. The summed E-state index contributed by atoms with van der Waals surface area (Å²) in [6.45, 7) is 0. The Balaban J connectivity index is 2.35. The maximum Gasteiger partial charge on any atom is 0.307 e. The number of anilines is 2. The lowest BCUT2D eigenvalue weighted by Gasteiger charge is -2.14. The molecular formula is C15H14FNO3. The minimum atomic E-state index is -0.926. The van der Waals surface area contributed by atoms with E-state index in [4.69, 9.17) is 9.84 Å². The summed E-state index contributed by atoms with van der Waals surface area (Å²) in [6, 6.07) is 11.5. The average molecular weight is 275 g/mol. The van der Waals surface area contributed by atoms with Crippen LogP contribution in [0.3, 0.4) is 0 Å². The number of aliphatic carboxylic acids is 1. The average Bonchev–Trinajstić information content (AvgIpc) is 2.41. The van der Waals surface area contributed by atoms with Gasteiger partial charge in [0.1, 0.15) is 0 Å². The van der Waals surface area contributed by atoms with Crippen LogP contribution >= 0.6 is 0 Å². The summed E-state index contributed by atoms with van der Waals surface area (Å²) in [7, 11) is 1.38. The third-order valence-electron chi connectivity index (χ3n) is 2.80. The zero-order valence-electron chi connectivity index (χ0n) is 10.9. The Bertz CT molecular complexity index is 628. The summed E-state index contributed by atoms with van der Waals surface area (Å²) < 4.78 is 18.6. The van der Waals surface area contributed by atoms with Crippen molar-refractivity contribution in [3.63, 3.8) is 0 Å². The highest BCUT2D eigenvalue weighted by Crippen LogP contribution is 2.31. The van der Waals surface area contributed by atoms with Gasteiger partial charge in [-0.05, 0) is 23.8 Å². The quantitative estimate of drug-likeness (QED) is 0.879. The monoisotopic (exact) mass is 275 g/mol.